The van der Waals surface area contributed by atoms with Crippen molar-refractivity contribution in [2.75, 3.05) is 43.1 Å². The maximum Gasteiger partial charge on any atom is 0.225 e. The summed E-state index contributed by atoms with van der Waals surface area (Å²) in [4.78, 5) is 17.5. The molecule has 3 rings (SSSR count). The number of aryl methyl sites for hydroxylation is 1. The zero-order valence-corrected chi connectivity index (χ0v) is 12.3. The highest BCUT2D eigenvalue weighted by Gasteiger charge is 2.21. The van der Waals surface area contributed by atoms with Crippen LogP contribution in [0.15, 0.2) is 12.4 Å². The molecule has 8 heteroatoms. The van der Waals surface area contributed by atoms with Gasteiger partial charge in [-0.3, -0.25) is 0 Å². The number of anilines is 2. The van der Waals surface area contributed by atoms with E-state index in [1.54, 1.807) is 19.5 Å². The van der Waals surface area contributed by atoms with E-state index in [0.29, 0.717) is 5.75 Å². The van der Waals surface area contributed by atoms with Gasteiger partial charge < -0.3 is 14.5 Å². The summed E-state index contributed by atoms with van der Waals surface area (Å²) in [6.07, 6.45) is 3.39. The van der Waals surface area contributed by atoms with Gasteiger partial charge >= 0.3 is 0 Å². The van der Waals surface area contributed by atoms with Gasteiger partial charge in [-0.15, -0.1) is 0 Å². The summed E-state index contributed by atoms with van der Waals surface area (Å²) < 4.78 is 9.29. The van der Waals surface area contributed by atoms with Crippen LogP contribution in [-0.4, -0.2) is 52.6 Å². The van der Waals surface area contributed by atoms with E-state index in [0.717, 1.165) is 43.1 Å². The Morgan fingerprint density at radius 2 is 1.75 bits per heavy atom. The fraction of sp³-hybridized carbons (Fsp3) is 0.500. The van der Waals surface area contributed by atoms with Crippen molar-refractivity contribution in [2.24, 2.45) is 0 Å². The molecule has 1 aliphatic rings. The molecule has 0 amide bonds. The zero-order valence-electron chi connectivity index (χ0n) is 11.5. The van der Waals surface area contributed by atoms with Crippen molar-refractivity contribution in [3.8, 4) is 5.75 Å². The third-order valence-corrected chi connectivity index (χ3v) is 4.07. The summed E-state index contributed by atoms with van der Waals surface area (Å²) in [5.74, 6) is 2.27. The van der Waals surface area contributed by atoms with Crippen molar-refractivity contribution in [3.05, 3.63) is 18.2 Å². The Morgan fingerprint density at radius 1 is 1.10 bits per heavy atom. The first-order valence-electron chi connectivity index (χ1n) is 6.42. The molecule has 0 saturated carbocycles. The van der Waals surface area contributed by atoms with Crippen molar-refractivity contribution in [2.45, 2.75) is 6.92 Å². The predicted molar refractivity (Wildman–Crippen MR) is 77.7 cm³/mol. The van der Waals surface area contributed by atoms with Crippen LogP contribution in [0.25, 0.3) is 0 Å². The van der Waals surface area contributed by atoms with Crippen LogP contribution in [0.3, 0.4) is 0 Å². The highest BCUT2D eigenvalue weighted by atomic mass is 32.1. The molecular formula is C12H16N6OS. The fourth-order valence-corrected chi connectivity index (χ4v) is 2.82. The SMILES string of the molecule is COc1cnc(N2CCN(c3nc(C)ns3)CC2)nc1. The van der Waals surface area contributed by atoms with Crippen molar-refractivity contribution in [3.63, 3.8) is 0 Å². The molecule has 0 spiro atoms. The Labute approximate surface area is 121 Å². The fourth-order valence-electron chi connectivity index (χ4n) is 2.09. The quantitative estimate of drug-likeness (QED) is 0.835. The van der Waals surface area contributed by atoms with E-state index in [1.165, 1.54) is 11.5 Å². The number of rotatable bonds is 3. The Hall–Kier alpha value is -1.96. The van der Waals surface area contributed by atoms with Crippen LogP contribution < -0.4 is 14.5 Å². The summed E-state index contributed by atoms with van der Waals surface area (Å²) in [5.41, 5.74) is 0. The Bertz CT molecular complexity index is 564. The molecule has 0 N–H and O–H groups in total. The standard InChI is InChI=1S/C12H16N6OS/c1-9-15-12(20-16-9)18-5-3-17(4-6-18)11-13-7-10(19-2)8-14-11/h7-8H,3-6H2,1-2H3. The van der Waals surface area contributed by atoms with Gasteiger partial charge in [0.05, 0.1) is 19.5 Å². The van der Waals surface area contributed by atoms with E-state index in [-0.39, 0.29) is 0 Å². The second kappa shape index (κ2) is 5.58. The van der Waals surface area contributed by atoms with Crippen LogP contribution in [0.1, 0.15) is 5.82 Å². The van der Waals surface area contributed by atoms with E-state index in [2.05, 4.69) is 29.1 Å². The van der Waals surface area contributed by atoms with Gasteiger partial charge in [-0.05, 0) is 6.92 Å². The van der Waals surface area contributed by atoms with E-state index in [1.807, 2.05) is 6.92 Å². The van der Waals surface area contributed by atoms with Gasteiger partial charge in [-0.1, -0.05) is 0 Å². The monoisotopic (exact) mass is 292 g/mol. The summed E-state index contributed by atoms with van der Waals surface area (Å²) in [5, 5.41) is 0.998. The molecule has 2 aromatic rings. The molecule has 1 aliphatic heterocycles. The molecule has 106 valence electrons. The maximum absolute atomic E-state index is 5.07. The third kappa shape index (κ3) is 2.64. The topological polar surface area (TPSA) is 67.3 Å². The number of piperazine rings is 1. The molecule has 1 fully saturated rings. The van der Waals surface area contributed by atoms with Crippen molar-refractivity contribution in [1.82, 2.24) is 19.3 Å². The minimum Gasteiger partial charge on any atom is -0.494 e. The highest BCUT2D eigenvalue weighted by Crippen LogP contribution is 2.20. The lowest BCUT2D eigenvalue weighted by atomic mass is 10.3. The first-order valence-corrected chi connectivity index (χ1v) is 7.20. The second-order valence-corrected chi connectivity index (χ2v) is 5.25. The summed E-state index contributed by atoms with van der Waals surface area (Å²) in [6.45, 7) is 5.49. The van der Waals surface area contributed by atoms with E-state index in [4.69, 9.17) is 4.74 Å². The van der Waals surface area contributed by atoms with Crippen molar-refractivity contribution in [1.29, 1.82) is 0 Å². The predicted octanol–water partition coefficient (Wildman–Crippen LogP) is 0.972. The van der Waals surface area contributed by atoms with E-state index >= 15 is 0 Å². The lowest BCUT2D eigenvalue weighted by Gasteiger charge is -2.34. The van der Waals surface area contributed by atoms with Gasteiger partial charge in [0.2, 0.25) is 11.1 Å². The van der Waals surface area contributed by atoms with Gasteiger partial charge in [-0.25, -0.2) is 15.0 Å². The summed E-state index contributed by atoms with van der Waals surface area (Å²) in [6, 6.07) is 0. The normalized spacial score (nSPS) is 15.5. The zero-order chi connectivity index (χ0) is 13.9. The van der Waals surface area contributed by atoms with Gasteiger partial charge in [0, 0.05) is 37.7 Å². The Kier molecular flexibility index (Phi) is 3.64. The number of aromatic nitrogens is 4. The van der Waals surface area contributed by atoms with Crippen LogP contribution in [0.5, 0.6) is 5.75 Å². The van der Waals surface area contributed by atoms with E-state index < -0.39 is 0 Å². The van der Waals surface area contributed by atoms with Gasteiger partial charge in [0.1, 0.15) is 5.82 Å². The Balaban J connectivity index is 1.63. The molecule has 0 aliphatic carbocycles. The molecule has 0 bridgehead atoms. The second-order valence-electron chi connectivity index (χ2n) is 4.52. The van der Waals surface area contributed by atoms with Gasteiger partial charge in [0.25, 0.3) is 0 Å². The average molecular weight is 292 g/mol. The van der Waals surface area contributed by atoms with Crippen LogP contribution >= 0.6 is 11.5 Å². The van der Waals surface area contributed by atoms with Gasteiger partial charge in [0.15, 0.2) is 5.75 Å². The van der Waals surface area contributed by atoms with Crippen LogP contribution in [-0.2, 0) is 0 Å². The molecule has 0 radical (unpaired) electrons. The number of nitrogens with zero attached hydrogens (tertiary/aromatic N) is 6. The molecule has 0 aromatic carbocycles. The number of hydrogen-bond acceptors (Lipinski definition) is 8. The third-order valence-electron chi connectivity index (χ3n) is 3.20. The first-order chi connectivity index (χ1) is 9.76. The number of hydrogen-bond donors (Lipinski definition) is 0. The smallest absolute Gasteiger partial charge is 0.225 e. The summed E-state index contributed by atoms with van der Waals surface area (Å²) >= 11 is 1.46. The molecular weight excluding hydrogens is 276 g/mol. The summed E-state index contributed by atoms with van der Waals surface area (Å²) in [7, 11) is 1.61. The van der Waals surface area contributed by atoms with Crippen molar-refractivity contribution < 1.29 is 4.74 Å². The van der Waals surface area contributed by atoms with Gasteiger partial charge in [-0.2, -0.15) is 4.37 Å². The first kappa shape index (κ1) is 13.0. The number of methoxy groups -OCH3 is 1. The Morgan fingerprint density at radius 3 is 2.30 bits per heavy atom. The van der Waals surface area contributed by atoms with Crippen LogP contribution in [0.4, 0.5) is 11.1 Å². The molecule has 20 heavy (non-hydrogen) atoms. The molecule has 7 nitrogen and oxygen atoms in total. The van der Waals surface area contributed by atoms with Crippen molar-refractivity contribution >= 4 is 22.6 Å². The van der Waals surface area contributed by atoms with E-state index in [9.17, 15) is 0 Å². The largest absolute Gasteiger partial charge is 0.494 e. The maximum atomic E-state index is 5.07. The molecule has 3 heterocycles. The minimum absolute atomic E-state index is 0.678. The lowest BCUT2D eigenvalue weighted by Crippen LogP contribution is -2.47. The highest BCUT2D eigenvalue weighted by molar-refractivity contribution is 7.09. The molecule has 1 saturated heterocycles. The van der Waals surface area contributed by atoms with Crippen LogP contribution in [0.2, 0.25) is 0 Å². The number of ether oxygens (including phenoxy) is 1. The lowest BCUT2D eigenvalue weighted by molar-refractivity contribution is 0.410. The van der Waals surface area contributed by atoms with Crippen LogP contribution in [0, 0.1) is 6.92 Å². The minimum atomic E-state index is 0.678. The molecule has 2 aromatic heterocycles. The average Bonchev–Trinajstić information content (AvgIpc) is 2.94. The molecule has 0 unspecified atom stereocenters. The molecule has 0 atom stereocenters.